The minimum Gasteiger partial charge on any atom is -0.379 e. The molecule has 4 heteroatoms. The smallest absolute Gasteiger partial charge is 0.229 e. The molecule has 2 aliphatic heterocycles. The summed E-state index contributed by atoms with van der Waals surface area (Å²) in [5.41, 5.74) is 0. The zero-order valence-electron chi connectivity index (χ0n) is 11.1. The van der Waals surface area contributed by atoms with Crippen molar-refractivity contribution >= 4 is 5.91 Å². The summed E-state index contributed by atoms with van der Waals surface area (Å²) in [6.07, 6.45) is 2.37. The minimum atomic E-state index is 0.00718. The molecule has 0 aromatic rings. The van der Waals surface area contributed by atoms with Gasteiger partial charge in [-0.1, -0.05) is 6.92 Å². The highest BCUT2D eigenvalue weighted by molar-refractivity contribution is 5.80. The third-order valence-electron chi connectivity index (χ3n) is 4.43. The first kappa shape index (κ1) is 12.8. The molecular formula is C13H24N2O2. The quantitative estimate of drug-likeness (QED) is 0.778. The summed E-state index contributed by atoms with van der Waals surface area (Å²) < 4.78 is 5.42. The lowest BCUT2D eigenvalue weighted by Gasteiger charge is -2.39. The van der Waals surface area contributed by atoms with Crippen LogP contribution in [0.15, 0.2) is 0 Å². The number of rotatable bonds is 2. The molecule has 0 bridgehead atoms. The van der Waals surface area contributed by atoms with E-state index in [4.69, 9.17) is 4.74 Å². The highest BCUT2D eigenvalue weighted by Gasteiger charge is 2.38. The first-order valence-corrected chi connectivity index (χ1v) is 6.70. The van der Waals surface area contributed by atoms with Crippen molar-refractivity contribution in [3.63, 3.8) is 0 Å². The number of nitrogens with one attached hydrogen (secondary N) is 1. The molecule has 17 heavy (non-hydrogen) atoms. The van der Waals surface area contributed by atoms with Crippen molar-refractivity contribution < 1.29 is 9.53 Å². The topological polar surface area (TPSA) is 41.6 Å². The van der Waals surface area contributed by atoms with Crippen molar-refractivity contribution in [3.8, 4) is 0 Å². The number of piperidine rings is 1. The Morgan fingerprint density at radius 2 is 2.12 bits per heavy atom. The van der Waals surface area contributed by atoms with Crippen LogP contribution in [0.3, 0.4) is 0 Å². The Hall–Kier alpha value is -0.610. The Morgan fingerprint density at radius 3 is 2.82 bits per heavy atom. The minimum absolute atomic E-state index is 0.00718. The predicted molar refractivity (Wildman–Crippen MR) is 66.7 cm³/mol. The first-order chi connectivity index (χ1) is 8.15. The molecule has 2 aliphatic rings. The second kappa shape index (κ2) is 5.36. The molecule has 4 atom stereocenters. The molecule has 0 saturated carbocycles. The van der Waals surface area contributed by atoms with E-state index >= 15 is 0 Å². The van der Waals surface area contributed by atoms with Crippen LogP contribution in [-0.4, -0.2) is 49.7 Å². The Kier molecular flexibility index (Phi) is 4.05. The first-order valence-electron chi connectivity index (χ1n) is 6.70. The van der Waals surface area contributed by atoms with Crippen LogP contribution in [-0.2, 0) is 9.53 Å². The maximum Gasteiger partial charge on any atom is 0.229 e. The van der Waals surface area contributed by atoms with Crippen molar-refractivity contribution in [1.29, 1.82) is 0 Å². The van der Waals surface area contributed by atoms with E-state index in [2.05, 4.69) is 24.1 Å². The molecule has 98 valence electrons. The average Bonchev–Trinajstić information content (AvgIpc) is 2.80. The fraction of sp³-hybridized carbons (Fsp3) is 0.923. The maximum absolute atomic E-state index is 12.5. The standard InChI is InChI=1S/C13H24N2O2/c1-9-5-4-6-15(10(9)2)13(16)11-7-17-8-12(11)14-3/h9-12,14H,4-8H2,1-3H3. The van der Waals surface area contributed by atoms with Crippen molar-refractivity contribution in [3.05, 3.63) is 0 Å². The highest BCUT2D eigenvalue weighted by atomic mass is 16.5. The van der Waals surface area contributed by atoms with Crippen LogP contribution in [0, 0.1) is 11.8 Å². The van der Waals surface area contributed by atoms with Gasteiger partial charge in [-0.25, -0.2) is 0 Å². The van der Waals surface area contributed by atoms with E-state index in [1.165, 1.54) is 6.42 Å². The second-order valence-electron chi connectivity index (χ2n) is 5.43. The van der Waals surface area contributed by atoms with Crippen LogP contribution in [0.25, 0.3) is 0 Å². The number of likely N-dealkylation sites (N-methyl/N-ethyl adjacent to an activating group) is 1. The molecule has 0 aliphatic carbocycles. The van der Waals surface area contributed by atoms with E-state index in [1.54, 1.807) is 0 Å². The van der Waals surface area contributed by atoms with E-state index in [1.807, 2.05) is 7.05 Å². The fourth-order valence-corrected chi connectivity index (χ4v) is 2.94. The third-order valence-corrected chi connectivity index (χ3v) is 4.43. The summed E-state index contributed by atoms with van der Waals surface area (Å²) in [6.45, 7) is 6.56. The van der Waals surface area contributed by atoms with Gasteiger partial charge in [-0.05, 0) is 32.7 Å². The number of amides is 1. The van der Waals surface area contributed by atoms with Crippen LogP contribution < -0.4 is 5.32 Å². The average molecular weight is 240 g/mol. The van der Waals surface area contributed by atoms with E-state index in [-0.39, 0.29) is 17.9 Å². The number of ether oxygens (including phenoxy) is 1. The van der Waals surface area contributed by atoms with Gasteiger partial charge in [0.25, 0.3) is 0 Å². The molecule has 2 saturated heterocycles. The summed E-state index contributed by atoms with van der Waals surface area (Å²) in [7, 11) is 1.90. The monoisotopic (exact) mass is 240 g/mol. The van der Waals surface area contributed by atoms with Crippen molar-refractivity contribution in [2.45, 2.75) is 38.8 Å². The molecular weight excluding hydrogens is 216 g/mol. The van der Waals surface area contributed by atoms with E-state index in [9.17, 15) is 4.79 Å². The molecule has 0 aromatic heterocycles. The van der Waals surface area contributed by atoms with Gasteiger partial charge in [-0.2, -0.15) is 0 Å². The molecule has 0 aromatic carbocycles. The van der Waals surface area contributed by atoms with Crippen LogP contribution >= 0.6 is 0 Å². The Balaban J connectivity index is 2.03. The molecule has 1 N–H and O–H groups in total. The summed E-state index contributed by atoms with van der Waals surface area (Å²) in [5.74, 6) is 0.900. The zero-order chi connectivity index (χ0) is 12.4. The highest BCUT2D eigenvalue weighted by Crippen LogP contribution is 2.26. The molecule has 0 radical (unpaired) electrons. The van der Waals surface area contributed by atoms with E-state index in [0.29, 0.717) is 25.2 Å². The zero-order valence-corrected chi connectivity index (χ0v) is 11.1. The summed E-state index contributed by atoms with van der Waals surface area (Å²) in [4.78, 5) is 14.6. The van der Waals surface area contributed by atoms with Crippen molar-refractivity contribution in [2.24, 2.45) is 11.8 Å². The molecule has 4 unspecified atom stereocenters. The summed E-state index contributed by atoms with van der Waals surface area (Å²) in [6, 6.07) is 0.557. The lowest BCUT2D eigenvalue weighted by Crippen LogP contribution is -2.51. The van der Waals surface area contributed by atoms with Gasteiger partial charge in [0.05, 0.1) is 19.1 Å². The number of carbonyl (C=O) groups excluding carboxylic acids is 1. The second-order valence-corrected chi connectivity index (χ2v) is 5.43. The van der Waals surface area contributed by atoms with Gasteiger partial charge in [0.15, 0.2) is 0 Å². The van der Waals surface area contributed by atoms with Gasteiger partial charge in [-0.15, -0.1) is 0 Å². The van der Waals surface area contributed by atoms with Crippen LogP contribution in [0.2, 0.25) is 0 Å². The van der Waals surface area contributed by atoms with E-state index < -0.39 is 0 Å². The SMILES string of the molecule is CNC1COCC1C(=O)N1CCCC(C)C1C. The van der Waals surface area contributed by atoms with Gasteiger partial charge in [0.1, 0.15) is 0 Å². The van der Waals surface area contributed by atoms with Crippen molar-refractivity contribution in [1.82, 2.24) is 10.2 Å². The van der Waals surface area contributed by atoms with Gasteiger partial charge in [-0.3, -0.25) is 4.79 Å². The number of carbonyl (C=O) groups is 1. The van der Waals surface area contributed by atoms with Crippen LogP contribution in [0.1, 0.15) is 26.7 Å². The summed E-state index contributed by atoms with van der Waals surface area (Å²) in [5, 5.41) is 3.19. The third kappa shape index (κ3) is 2.47. The summed E-state index contributed by atoms with van der Waals surface area (Å²) >= 11 is 0. The number of likely N-dealkylation sites (tertiary alicyclic amines) is 1. The Labute approximate surface area is 104 Å². The normalized spacial score (nSPS) is 38.4. The Morgan fingerprint density at radius 1 is 1.35 bits per heavy atom. The number of nitrogens with zero attached hydrogens (tertiary/aromatic N) is 1. The van der Waals surface area contributed by atoms with Gasteiger partial charge < -0.3 is 15.0 Å². The van der Waals surface area contributed by atoms with E-state index in [0.717, 1.165) is 13.0 Å². The molecule has 2 heterocycles. The maximum atomic E-state index is 12.5. The number of hydrogen-bond acceptors (Lipinski definition) is 3. The van der Waals surface area contributed by atoms with Gasteiger partial charge >= 0.3 is 0 Å². The number of hydrogen-bond donors (Lipinski definition) is 1. The molecule has 2 fully saturated rings. The largest absolute Gasteiger partial charge is 0.379 e. The molecule has 2 rings (SSSR count). The molecule has 4 nitrogen and oxygen atoms in total. The van der Waals surface area contributed by atoms with Gasteiger partial charge in [0, 0.05) is 18.6 Å². The lowest BCUT2D eigenvalue weighted by molar-refractivity contribution is -0.140. The lowest BCUT2D eigenvalue weighted by atomic mass is 9.90. The predicted octanol–water partition coefficient (Wildman–Crippen LogP) is 0.868. The van der Waals surface area contributed by atoms with Gasteiger partial charge in [0.2, 0.25) is 5.91 Å². The van der Waals surface area contributed by atoms with Crippen molar-refractivity contribution in [2.75, 3.05) is 26.8 Å². The fourth-order valence-electron chi connectivity index (χ4n) is 2.94. The van der Waals surface area contributed by atoms with Crippen LogP contribution in [0.5, 0.6) is 0 Å². The molecule has 1 amide bonds. The molecule has 0 spiro atoms. The Bertz CT molecular complexity index is 283. The van der Waals surface area contributed by atoms with Crippen LogP contribution in [0.4, 0.5) is 0 Å².